The molecule has 0 atom stereocenters. The minimum atomic E-state index is 0.524. The van der Waals surface area contributed by atoms with Gasteiger partial charge in [-0.3, -0.25) is 0 Å². The number of methoxy groups -OCH3 is 1. The van der Waals surface area contributed by atoms with E-state index >= 15 is 0 Å². The molecule has 3 heterocycles. The molecule has 5 nitrogen and oxygen atoms in total. The van der Waals surface area contributed by atoms with Gasteiger partial charge in [-0.15, -0.1) is 11.8 Å². The van der Waals surface area contributed by atoms with Crippen LogP contribution in [0.3, 0.4) is 0 Å². The molecule has 1 aromatic carbocycles. The topological polar surface area (TPSA) is 39.0 Å². The highest BCUT2D eigenvalue weighted by molar-refractivity contribution is 7.98. The van der Waals surface area contributed by atoms with E-state index < -0.39 is 0 Å². The summed E-state index contributed by atoms with van der Waals surface area (Å²) in [6.07, 6.45) is 7.03. The average molecular weight is 452 g/mol. The van der Waals surface area contributed by atoms with E-state index in [0.29, 0.717) is 6.04 Å². The van der Waals surface area contributed by atoms with Gasteiger partial charge in [-0.25, -0.2) is 4.52 Å². The first-order valence-electron chi connectivity index (χ1n) is 11.7. The van der Waals surface area contributed by atoms with Crippen molar-refractivity contribution in [1.82, 2.24) is 9.61 Å². The second kappa shape index (κ2) is 8.99. The quantitative estimate of drug-likeness (QED) is 0.428. The number of benzene rings is 1. The van der Waals surface area contributed by atoms with Gasteiger partial charge in [-0.1, -0.05) is 6.07 Å². The van der Waals surface area contributed by atoms with Crippen LogP contribution in [-0.2, 0) is 4.74 Å². The predicted molar refractivity (Wildman–Crippen MR) is 132 cm³/mol. The molecule has 1 aliphatic carbocycles. The molecule has 0 bridgehead atoms. The zero-order valence-corrected chi connectivity index (χ0v) is 20.4. The number of aromatic nitrogens is 2. The maximum absolute atomic E-state index is 5.69. The Kier molecular flexibility index (Phi) is 6.08. The molecule has 6 heteroatoms. The average Bonchev–Trinajstić information content (AvgIpc) is 3.55. The maximum atomic E-state index is 5.69. The molecule has 32 heavy (non-hydrogen) atoms. The Morgan fingerprint density at radius 3 is 2.47 bits per heavy atom. The van der Waals surface area contributed by atoms with Crippen LogP contribution in [0, 0.1) is 19.8 Å². The number of aryl methyl sites for hydroxylation is 2. The molecule has 2 fully saturated rings. The SMILES string of the molecule is COc1cc(C)c(-c2cccc3c(N(CC4CC4)C4CCOCC4)c(SC)nn23)c(C)c1. The van der Waals surface area contributed by atoms with E-state index in [1.807, 2.05) is 0 Å². The number of pyridine rings is 1. The molecule has 2 aromatic heterocycles. The van der Waals surface area contributed by atoms with E-state index in [4.69, 9.17) is 14.6 Å². The van der Waals surface area contributed by atoms with Crippen LogP contribution in [0.1, 0.15) is 36.8 Å². The Balaban J connectivity index is 1.67. The molecule has 1 saturated heterocycles. The molecule has 0 amide bonds. The van der Waals surface area contributed by atoms with E-state index in [2.05, 4.69) is 59.9 Å². The number of nitrogens with zero attached hydrogens (tertiary/aromatic N) is 3. The van der Waals surface area contributed by atoms with Crippen LogP contribution in [-0.4, -0.2) is 48.8 Å². The summed E-state index contributed by atoms with van der Waals surface area (Å²) in [5.74, 6) is 1.72. The van der Waals surface area contributed by atoms with Gasteiger partial charge in [-0.05, 0) is 87.1 Å². The van der Waals surface area contributed by atoms with Gasteiger partial charge in [0.25, 0.3) is 0 Å². The summed E-state index contributed by atoms with van der Waals surface area (Å²) >= 11 is 1.75. The van der Waals surface area contributed by atoms with Gasteiger partial charge in [-0.2, -0.15) is 5.10 Å². The molecule has 1 saturated carbocycles. The van der Waals surface area contributed by atoms with Crippen molar-refractivity contribution in [1.29, 1.82) is 0 Å². The first-order valence-corrected chi connectivity index (χ1v) is 12.9. The van der Waals surface area contributed by atoms with Gasteiger partial charge >= 0.3 is 0 Å². The summed E-state index contributed by atoms with van der Waals surface area (Å²) in [5.41, 5.74) is 7.29. The second-order valence-electron chi connectivity index (χ2n) is 9.14. The lowest BCUT2D eigenvalue weighted by molar-refractivity contribution is 0.0841. The van der Waals surface area contributed by atoms with E-state index in [1.165, 1.54) is 40.7 Å². The minimum absolute atomic E-state index is 0.524. The monoisotopic (exact) mass is 451 g/mol. The smallest absolute Gasteiger partial charge is 0.142 e. The fourth-order valence-corrected chi connectivity index (χ4v) is 5.66. The number of hydrogen-bond acceptors (Lipinski definition) is 5. The third-order valence-corrected chi connectivity index (χ3v) is 7.52. The lowest BCUT2D eigenvalue weighted by Gasteiger charge is -2.36. The molecular weight excluding hydrogens is 418 g/mol. The van der Waals surface area contributed by atoms with E-state index in [1.54, 1.807) is 18.9 Å². The summed E-state index contributed by atoms with van der Waals surface area (Å²) in [6.45, 7) is 7.16. The number of hydrogen-bond donors (Lipinski definition) is 0. The number of anilines is 1. The van der Waals surface area contributed by atoms with Crippen LogP contribution in [0.4, 0.5) is 5.69 Å². The van der Waals surface area contributed by atoms with Crippen LogP contribution in [0.2, 0.25) is 0 Å². The second-order valence-corrected chi connectivity index (χ2v) is 9.94. The van der Waals surface area contributed by atoms with Crippen LogP contribution in [0.5, 0.6) is 5.75 Å². The number of thioether (sulfide) groups is 1. The molecule has 0 unspecified atom stereocenters. The minimum Gasteiger partial charge on any atom is -0.497 e. The zero-order valence-electron chi connectivity index (χ0n) is 19.6. The van der Waals surface area contributed by atoms with Crippen molar-refractivity contribution in [3.8, 4) is 17.0 Å². The molecule has 1 aliphatic heterocycles. The maximum Gasteiger partial charge on any atom is 0.142 e. The lowest BCUT2D eigenvalue weighted by Crippen LogP contribution is -2.41. The predicted octanol–water partition coefficient (Wildman–Crippen LogP) is 5.74. The van der Waals surface area contributed by atoms with Gasteiger partial charge in [0.05, 0.1) is 24.0 Å². The van der Waals surface area contributed by atoms with Gasteiger partial charge in [0.2, 0.25) is 0 Å². The lowest BCUT2D eigenvalue weighted by atomic mass is 9.98. The van der Waals surface area contributed by atoms with Crippen molar-refractivity contribution in [3.05, 3.63) is 41.5 Å². The molecule has 5 rings (SSSR count). The molecule has 0 spiro atoms. The third kappa shape index (κ3) is 3.99. The van der Waals surface area contributed by atoms with Gasteiger partial charge in [0, 0.05) is 31.4 Å². The third-order valence-electron chi connectivity index (χ3n) is 6.86. The van der Waals surface area contributed by atoms with Crippen molar-refractivity contribution in [2.45, 2.75) is 50.6 Å². The number of fused-ring (bicyclic) bond motifs is 1. The van der Waals surface area contributed by atoms with E-state index in [0.717, 1.165) is 55.0 Å². The fraction of sp³-hybridized carbons (Fsp3) is 0.500. The van der Waals surface area contributed by atoms with Crippen molar-refractivity contribution in [2.24, 2.45) is 5.92 Å². The number of rotatable bonds is 7. The van der Waals surface area contributed by atoms with E-state index in [-0.39, 0.29) is 0 Å². The first kappa shape index (κ1) is 21.7. The van der Waals surface area contributed by atoms with Gasteiger partial charge in [0.1, 0.15) is 10.8 Å². The van der Waals surface area contributed by atoms with Crippen molar-refractivity contribution in [3.63, 3.8) is 0 Å². The Bertz CT molecular complexity index is 1090. The normalized spacial score (nSPS) is 17.1. The van der Waals surface area contributed by atoms with Gasteiger partial charge < -0.3 is 14.4 Å². The van der Waals surface area contributed by atoms with E-state index in [9.17, 15) is 0 Å². The van der Waals surface area contributed by atoms with Crippen molar-refractivity contribution >= 4 is 23.0 Å². The molecular formula is C26H33N3O2S. The van der Waals surface area contributed by atoms with Crippen LogP contribution in [0.25, 0.3) is 16.8 Å². The zero-order chi connectivity index (χ0) is 22.2. The van der Waals surface area contributed by atoms with Crippen LogP contribution >= 0.6 is 11.8 Å². The molecule has 3 aromatic rings. The van der Waals surface area contributed by atoms with Crippen LogP contribution < -0.4 is 9.64 Å². The highest BCUT2D eigenvalue weighted by Gasteiger charge is 2.33. The Hall–Kier alpha value is -2.18. The molecule has 170 valence electrons. The summed E-state index contributed by atoms with van der Waals surface area (Å²) in [7, 11) is 1.73. The summed E-state index contributed by atoms with van der Waals surface area (Å²) in [6, 6.07) is 11.4. The first-order chi connectivity index (χ1) is 15.6. The summed E-state index contributed by atoms with van der Waals surface area (Å²) in [4.78, 5) is 2.67. The Morgan fingerprint density at radius 1 is 1.12 bits per heavy atom. The van der Waals surface area contributed by atoms with Crippen molar-refractivity contribution in [2.75, 3.05) is 38.0 Å². The Labute approximate surface area is 195 Å². The standard InChI is InChI=1S/C26H33N3O2S/c1-17-14-21(30-3)15-18(2)24(17)22-6-5-7-23-25(26(32-4)27-29(22)23)28(16-19-8-9-19)20-10-12-31-13-11-20/h5-7,14-15,19-20H,8-13,16H2,1-4H3. The Morgan fingerprint density at radius 2 is 1.84 bits per heavy atom. The summed E-state index contributed by atoms with van der Waals surface area (Å²) in [5, 5.41) is 6.27. The highest BCUT2D eigenvalue weighted by Crippen LogP contribution is 2.41. The van der Waals surface area contributed by atoms with Crippen LogP contribution in [0.15, 0.2) is 35.4 Å². The summed E-state index contributed by atoms with van der Waals surface area (Å²) < 4.78 is 13.4. The molecule has 0 N–H and O–H groups in total. The molecule has 0 radical (unpaired) electrons. The molecule has 2 aliphatic rings. The number of ether oxygens (including phenoxy) is 2. The largest absolute Gasteiger partial charge is 0.497 e. The van der Waals surface area contributed by atoms with Gasteiger partial charge in [0.15, 0.2) is 0 Å². The highest BCUT2D eigenvalue weighted by atomic mass is 32.2. The fourth-order valence-electron chi connectivity index (χ4n) is 5.08. The van der Waals surface area contributed by atoms with Crippen molar-refractivity contribution < 1.29 is 9.47 Å².